The molecule has 0 saturated heterocycles. The van der Waals surface area contributed by atoms with Crippen LogP contribution < -0.4 is 10.2 Å². The number of imidazole rings is 1. The van der Waals surface area contributed by atoms with Gasteiger partial charge in [-0.2, -0.15) is 0 Å². The quantitative estimate of drug-likeness (QED) is 0.554. The molecule has 1 aromatic heterocycles. The fourth-order valence-corrected chi connectivity index (χ4v) is 4.96. The van der Waals surface area contributed by atoms with Crippen molar-refractivity contribution in [1.29, 1.82) is 0 Å². The molecule has 2 aromatic rings. The lowest BCUT2D eigenvalue weighted by Crippen LogP contribution is -2.65. The first-order chi connectivity index (χ1) is 15.9. The summed E-state index contributed by atoms with van der Waals surface area (Å²) in [6.07, 6.45) is 8.70. The lowest BCUT2D eigenvalue weighted by Gasteiger charge is -2.44. The second-order valence-corrected chi connectivity index (χ2v) is 9.16. The Kier molecular flexibility index (Phi) is 6.54. The summed E-state index contributed by atoms with van der Waals surface area (Å²) in [7, 11) is 1.26. The van der Waals surface area contributed by atoms with Crippen molar-refractivity contribution in [1.82, 2.24) is 14.9 Å². The van der Waals surface area contributed by atoms with Crippen molar-refractivity contribution < 1.29 is 19.1 Å². The van der Waals surface area contributed by atoms with Crippen molar-refractivity contribution in [3.63, 3.8) is 0 Å². The second kappa shape index (κ2) is 9.37. The first kappa shape index (κ1) is 23.0. The lowest BCUT2D eigenvalue weighted by molar-refractivity contribution is -0.127. The average molecular weight is 453 g/mol. The molecule has 1 aromatic carbocycles. The van der Waals surface area contributed by atoms with Crippen molar-refractivity contribution in [3.05, 3.63) is 47.5 Å². The molecule has 33 heavy (non-hydrogen) atoms. The molecule has 0 radical (unpaired) electrons. The van der Waals surface area contributed by atoms with Crippen LogP contribution in [0.3, 0.4) is 0 Å². The monoisotopic (exact) mass is 452 g/mol. The Labute approximate surface area is 194 Å². The highest BCUT2D eigenvalue weighted by atomic mass is 16.5. The largest absolute Gasteiger partial charge is 0.464 e. The van der Waals surface area contributed by atoms with E-state index < -0.39 is 17.4 Å². The van der Waals surface area contributed by atoms with Gasteiger partial charge in [-0.15, -0.1) is 0 Å². The van der Waals surface area contributed by atoms with Crippen LogP contribution in [0.1, 0.15) is 78.9 Å². The number of methoxy groups -OCH3 is 1. The molecular formula is C25H32N4O4. The molecular weight excluding hydrogens is 420 g/mol. The molecule has 0 spiro atoms. The summed E-state index contributed by atoms with van der Waals surface area (Å²) >= 11 is 0. The number of nitrogens with zero attached hydrogens (tertiary/aromatic N) is 3. The molecule has 1 saturated carbocycles. The Morgan fingerprint density at radius 2 is 1.94 bits per heavy atom. The summed E-state index contributed by atoms with van der Waals surface area (Å²) in [4.78, 5) is 45.6. The van der Waals surface area contributed by atoms with Crippen LogP contribution in [-0.2, 0) is 22.5 Å². The number of esters is 1. The van der Waals surface area contributed by atoms with Crippen LogP contribution in [0.15, 0.2) is 30.6 Å². The van der Waals surface area contributed by atoms with Gasteiger partial charge in [-0.3, -0.25) is 14.5 Å². The van der Waals surface area contributed by atoms with Gasteiger partial charge in [0.15, 0.2) is 5.69 Å². The van der Waals surface area contributed by atoms with Crippen molar-refractivity contribution in [2.75, 3.05) is 12.0 Å². The SMILES string of the molecule is CCc1cccc(N2C(=O)c3c(C(=O)OC)ncn3CC2(C)C(=O)NC2CCCCCC2)c1. The van der Waals surface area contributed by atoms with Gasteiger partial charge in [0, 0.05) is 11.7 Å². The molecule has 2 heterocycles. The van der Waals surface area contributed by atoms with E-state index in [1.54, 1.807) is 11.5 Å². The summed E-state index contributed by atoms with van der Waals surface area (Å²) in [5.74, 6) is -1.31. The fraction of sp³-hybridized carbons (Fsp3) is 0.520. The van der Waals surface area contributed by atoms with E-state index in [1.807, 2.05) is 31.2 Å². The molecule has 1 fully saturated rings. The zero-order chi connectivity index (χ0) is 23.6. The molecule has 0 bridgehead atoms. The standard InChI is InChI=1S/C25H32N4O4/c1-4-17-10-9-13-19(14-17)29-22(30)21-20(23(31)33-3)26-16-28(21)15-25(29,2)24(32)27-18-11-7-5-6-8-12-18/h9-10,13-14,16,18H,4-8,11-12,15H2,1-3H3,(H,27,32). The normalized spacial score (nSPS) is 21.3. The molecule has 2 aliphatic rings. The molecule has 2 amide bonds. The lowest BCUT2D eigenvalue weighted by atomic mass is 9.92. The number of aromatic nitrogens is 2. The van der Waals surface area contributed by atoms with E-state index in [9.17, 15) is 14.4 Å². The number of hydrogen-bond donors (Lipinski definition) is 1. The number of amides is 2. The summed E-state index contributed by atoms with van der Waals surface area (Å²) in [5, 5.41) is 3.23. The van der Waals surface area contributed by atoms with Gasteiger partial charge in [0.25, 0.3) is 5.91 Å². The van der Waals surface area contributed by atoms with E-state index in [1.165, 1.54) is 31.2 Å². The van der Waals surface area contributed by atoms with Crippen LogP contribution >= 0.6 is 0 Å². The third-order valence-electron chi connectivity index (χ3n) is 6.85. The van der Waals surface area contributed by atoms with Gasteiger partial charge >= 0.3 is 5.97 Å². The maximum Gasteiger partial charge on any atom is 0.359 e. The Hall–Kier alpha value is -3.16. The molecule has 1 aliphatic heterocycles. The predicted octanol–water partition coefficient (Wildman–Crippen LogP) is 3.49. The maximum atomic E-state index is 13.9. The fourth-order valence-electron chi connectivity index (χ4n) is 4.96. The van der Waals surface area contributed by atoms with Crippen molar-refractivity contribution >= 4 is 23.5 Å². The van der Waals surface area contributed by atoms with Crippen molar-refractivity contribution in [3.8, 4) is 0 Å². The maximum absolute atomic E-state index is 13.9. The summed E-state index contributed by atoms with van der Waals surface area (Å²) < 4.78 is 6.43. The average Bonchev–Trinajstić information content (AvgIpc) is 3.06. The molecule has 8 nitrogen and oxygen atoms in total. The van der Waals surface area contributed by atoms with Crippen LogP contribution in [-0.4, -0.2) is 46.0 Å². The Bertz CT molecular complexity index is 1050. The van der Waals surface area contributed by atoms with E-state index >= 15 is 0 Å². The first-order valence-corrected chi connectivity index (χ1v) is 11.8. The molecule has 176 valence electrons. The molecule has 1 unspecified atom stereocenters. The van der Waals surface area contributed by atoms with Crippen LogP contribution in [0.5, 0.6) is 0 Å². The van der Waals surface area contributed by atoms with Gasteiger partial charge in [-0.05, 0) is 43.9 Å². The second-order valence-electron chi connectivity index (χ2n) is 9.16. The molecule has 1 N–H and O–H groups in total. The first-order valence-electron chi connectivity index (χ1n) is 11.8. The van der Waals surface area contributed by atoms with Crippen LogP contribution in [0.25, 0.3) is 0 Å². The van der Waals surface area contributed by atoms with Crippen molar-refractivity contribution in [2.24, 2.45) is 0 Å². The number of benzene rings is 1. The third-order valence-corrected chi connectivity index (χ3v) is 6.85. The Balaban J connectivity index is 1.77. The zero-order valence-corrected chi connectivity index (χ0v) is 19.6. The number of anilines is 1. The molecule has 1 atom stereocenters. The minimum atomic E-state index is -1.18. The van der Waals surface area contributed by atoms with Crippen LogP contribution in [0.2, 0.25) is 0 Å². The number of nitrogens with one attached hydrogen (secondary N) is 1. The van der Waals surface area contributed by atoms with Gasteiger partial charge in [-0.1, -0.05) is 44.7 Å². The Morgan fingerprint density at radius 1 is 1.21 bits per heavy atom. The van der Waals surface area contributed by atoms with Crippen LogP contribution in [0, 0.1) is 0 Å². The van der Waals surface area contributed by atoms with Crippen molar-refractivity contribution in [2.45, 2.75) is 76.9 Å². The van der Waals surface area contributed by atoms with E-state index in [4.69, 9.17) is 4.74 Å². The summed E-state index contributed by atoms with van der Waals surface area (Å²) in [5.41, 5.74) is 0.603. The third kappa shape index (κ3) is 4.26. The predicted molar refractivity (Wildman–Crippen MR) is 124 cm³/mol. The smallest absolute Gasteiger partial charge is 0.359 e. The zero-order valence-electron chi connectivity index (χ0n) is 19.6. The number of carbonyl (C=O) groups is 3. The highest BCUT2D eigenvalue weighted by Crippen LogP contribution is 2.34. The minimum Gasteiger partial charge on any atom is -0.464 e. The van der Waals surface area contributed by atoms with E-state index in [0.717, 1.165) is 37.7 Å². The van der Waals surface area contributed by atoms with Gasteiger partial charge in [0.05, 0.1) is 20.0 Å². The van der Waals surface area contributed by atoms with Crippen LogP contribution in [0.4, 0.5) is 5.69 Å². The number of aryl methyl sites for hydroxylation is 1. The van der Waals surface area contributed by atoms with E-state index in [0.29, 0.717) is 5.69 Å². The highest BCUT2D eigenvalue weighted by Gasteiger charge is 2.50. The highest BCUT2D eigenvalue weighted by molar-refractivity contribution is 6.15. The van der Waals surface area contributed by atoms with Gasteiger partial charge in [-0.25, -0.2) is 9.78 Å². The molecule has 4 rings (SSSR count). The van der Waals surface area contributed by atoms with Gasteiger partial charge < -0.3 is 14.6 Å². The number of carbonyl (C=O) groups excluding carboxylic acids is 3. The molecule has 8 heteroatoms. The van der Waals surface area contributed by atoms with E-state index in [2.05, 4.69) is 10.3 Å². The topological polar surface area (TPSA) is 93.5 Å². The van der Waals surface area contributed by atoms with Gasteiger partial charge in [0.2, 0.25) is 5.91 Å². The minimum absolute atomic E-state index is 0.0367. The number of fused-ring (bicyclic) bond motifs is 1. The van der Waals surface area contributed by atoms with E-state index in [-0.39, 0.29) is 29.9 Å². The number of ether oxygens (including phenoxy) is 1. The Morgan fingerprint density at radius 3 is 2.61 bits per heavy atom. The number of rotatable bonds is 5. The summed E-state index contributed by atoms with van der Waals surface area (Å²) in [6, 6.07) is 7.74. The van der Waals surface area contributed by atoms with Gasteiger partial charge in [0.1, 0.15) is 11.2 Å². The summed E-state index contributed by atoms with van der Waals surface area (Å²) in [6.45, 7) is 4.02. The number of hydrogen-bond acceptors (Lipinski definition) is 5. The molecule has 1 aliphatic carbocycles.